The fourth-order valence-electron chi connectivity index (χ4n) is 1.47. The summed E-state index contributed by atoms with van der Waals surface area (Å²) in [5, 5.41) is 4.56. The van der Waals surface area contributed by atoms with Gasteiger partial charge in [-0.05, 0) is 52.3 Å². The van der Waals surface area contributed by atoms with E-state index in [0.717, 1.165) is 5.56 Å². The van der Waals surface area contributed by atoms with Crippen molar-refractivity contribution in [3.05, 3.63) is 46.1 Å². The van der Waals surface area contributed by atoms with E-state index in [9.17, 15) is 0 Å². The van der Waals surface area contributed by atoms with Crippen LogP contribution in [0.1, 0.15) is 0 Å². The van der Waals surface area contributed by atoms with Crippen LogP contribution in [0.4, 0.5) is 0 Å². The third-order valence-corrected chi connectivity index (χ3v) is 2.99. The molecule has 2 heterocycles. The van der Waals surface area contributed by atoms with Crippen molar-refractivity contribution >= 4 is 27.5 Å². The molecule has 0 aliphatic rings. The number of aromatic nitrogens is 2. The zero-order valence-electron chi connectivity index (χ0n) is 8.93. The number of benzene rings is 1. The molecular formula is C12H6BrClN2O2. The van der Waals surface area contributed by atoms with Crippen LogP contribution in [0.2, 0.25) is 5.02 Å². The first-order valence-corrected chi connectivity index (χ1v) is 6.25. The second kappa shape index (κ2) is 4.59. The molecule has 0 amide bonds. The first kappa shape index (κ1) is 11.5. The summed E-state index contributed by atoms with van der Waals surface area (Å²) in [6.45, 7) is 0. The molecule has 0 bridgehead atoms. The Morgan fingerprint density at radius 3 is 2.50 bits per heavy atom. The summed E-state index contributed by atoms with van der Waals surface area (Å²) in [5.74, 6) is 1.36. The Hall–Kier alpha value is -1.59. The summed E-state index contributed by atoms with van der Waals surface area (Å²) >= 11 is 9.04. The molecule has 0 atom stereocenters. The Morgan fingerprint density at radius 2 is 1.83 bits per heavy atom. The number of rotatable bonds is 2. The highest BCUT2D eigenvalue weighted by molar-refractivity contribution is 9.10. The van der Waals surface area contributed by atoms with Gasteiger partial charge in [0.15, 0.2) is 10.4 Å². The molecule has 3 rings (SSSR count). The van der Waals surface area contributed by atoms with Crippen molar-refractivity contribution in [1.82, 2.24) is 10.1 Å². The second-order valence-electron chi connectivity index (χ2n) is 3.53. The van der Waals surface area contributed by atoms with E-state index >= 15 is 0 Å². The monoisotopic (exact) mass is 324 g/mol. The van der Waals surface area contributed by atoms with E-state index in [1.54, 1.807) is 24.3 Å². The van der Waals surface area contributed by atoms with Crippen LogP contribution in [0.3, 0.4) is 0 Å². The van der Waals surface area contributed by atoms with Crippen molar-refractivity contribution in [2.45, 2.75) is 0 Å². The van der Waals surface area contributed by atoms with Crippen LogP contribution in [0.25, 0.3) is 23.0 Å². The van der Waals surface area contributed by atoms with Gasteiger partial charge in [-0.3, -0.25) is 0 Å². The standard InChI is InChI=1S/C12H6BrClN2O2/c13-10-6-5-9(17-10)12-15-11(16-18-12)7-1-3-8(14)4-2-7/h1-6H. The van der Waals surface area contributed by atoms with Gasteiger partial charge in [0.25, 0.3) is 5.89 Å². The smallest absolute Gasteiger partial charge is 0.293 e. The molecule has 18 heavy (non-hydrogen) atoms. The van der Waals surface area contributed by atoms with Gasteiger partial charge in [0.2, 0.25) is 5.82 Å². The van der Waals surface area contributed by atoms with Crippen molar-refractivity contribution < 1.29 is 8.94 Å². The average molecular weight is 326 g/mol. The number of hydrogen-bond acceptors (Lipinski definition) is 4. The van der Waals surface area contributed by atoms with Gasteiger partial charge in [0.1, 0.15) is 0 Å². The Balaban J connectivity index is 1.96. The third kappa shape index (κ3) is 2.19. The van der Waals surface area contributed by atoms with E-state index in [-0.39, 0.29) is 0 Å². The molecule has 90 valence electrons. The largest absolute Gasteiger partial charge is 0.444 e. The van der Waals surface area contributed by atoms with Gasteiger partial charge in [-0.15, -0.1) is 0 Å². The molecule has 0 saturated heterocycles. The van der Waals surface area contributed by atoms with Crippen molar-refractivity contribution in [3.8, 4) is 23.0 Å². The number of furan rings is 1. The molecule has 0 radical (unpaired) electrons. The molecule has 6 heteroatoms. The predicted octanol–water partition coefficient (Wildman–Crippen LogP) is 4.41. The number of nitrogens with zero attached hydrogens (tertiary/aromatic N) is 2. The molecule has 0 unspecified atom stereocenters. The summed E-state index contributed by atoms with van der Waals surface area (Å²) < 4.78 is 11.1. The van der Waals surface area contributed by atoms with Crippen molar-refractivity contribution in [2.24, 2.45) is 0 Å². The molecule has 4 nitrogen and oxygen atoms in total. The van der Waals surface area contributed by atoms with Crippen LogP contribution in [-0.4, -0.2) is 10.1 Å². The lowest BCUT2D eigenvalue weighted by molar-refractivity contribution is 0.414. The summed E-state index contributed by atoms with van der Waals surface area (Å²) in [5.41, 5.74) is 0.833. The first-order valence-electron chi connectivity index (χ1n) is 5.08. The molecule has 3 aromatic rings. The van der Waals surface area contributed by atoms with Gasteiger partial charge in [0, 0.05) is 10.6 Å². The lowest BCUT2D eigenvalue weighted by atomic mass is 10.2. The molecule has 0 aliphatic heterocycles. The van der Waals surface area contributed by atoms with Crippen LogP contribution in [0, 0.1) is 0 Å². The zero-order valence-corrected chi connectivity index (χ0v) is 11.3. The van der Waals surface area contributed by atoms with Gasteiger partial charge >= 0.3 is 0 Å². The summed E-state index contributed by atoms with van der Waals surface area (Å²) in [6.07, 6.45) is 0. The fraction of sp³-hybridized carbons (Fsp3) is 0. The number of hydrogen-bond donors (Lipinski definition) is 0. The minimum Gasteiger partial charge on any atom is -0.444 e. The molecule has 0 fully saturated rings. The van der Waals surface area contributed by atoms with Crippen molar-refractivity contribution in [2.75, 3.05) is 0 Å². The molecule has 0 saturated carbocycles. The first-order chi connectivity index (χ1) is 8.72. The second-order valence-corrected chi connectivity index (χ2v) is 4.75. The van der Waals surface area contributed by atoms with E-state index in [4.69, 9.17) is 20.5 Å². The Kier molecular flexibility index (Phi) is 2.93. The fourth-order valence-corrected chi connectivity index (χ4v) is 1.90. The topological polar surface area (TPSA) is 52.1 Å². The molecule has 0 N–H and O–H groups in total. The van der Waals surface area contributed by atoms with Crippen LogP contribution >= 0.6 is 27.5 Å². The van der Waals surface area contributed by atoms with Gasteiger partial charge in [-0.1, -0.05) is 16.8 Å². The maximum Gasteiger partial charge on any atom is 0.293 e. The predicted molar refractivity (Wildman–Crippen MR) is 70.1 cm³/mol. The minimum atomic E-state index is 0.339. The molecule has 1 aromatic carbocycles. The Bertz CT molecular complexity index is 675. The van der Waals surface area contributed by atoms with Crippen LogP contribution in [0.15, 0.2) is 50.0 Å². The van der Waals surface area contributed by atoms with Crippen LogP contribution < -0.4 is 0 Å². The lowest BCUT2D eigenvalue weighted by Gasteiger charge is -1.92. The van der Waals surface area contributed by atoms with Crippen LogP contribution in [0.5, 0.6) is 0 Å². The Labute approximate surface area is 116 Å². The SMILES string of the molecule is Clc1ccc(-c2noc(-c3ccc(Br)o3)n2)cc1. The third-order valence-electron chi connectivity index (χ3n) is 2.31. The normalized spacial score (nSPS) is 10.8. The van der Waals surface area contributed by atoms with E-state index in [2.05, 4.69) is 26.1 Å². The average Bonchev–Trinajstić information content (AvgIpc) is 2.98. The maximum absolute atomic E-state index is 5.82. The van der Waals surface area contributed by atoms with E-state index in [0.29, 0.717) is 27.2 Å². The zero-order chi connectivity index (χ0) is 12.5. The molecular weight excluding hydrogens is 320 g/mol. The van der Waals surface area contributed by atoms with Gasteiger partial charge in [-0.25, -0.2) is 0 Å². The summed E-state index contributed by atoms with van der Waals surface area (Å²) in [6, 6.07) is 10.7. The van der Waals surface area contributed by atoms with Crippen molar-refractivity contribution in [3.63, 3.8) is 0 Å². The molecule has 0 aliphatic carbocycles. The van der Waals surface area contributed by atoms with E-state index in [1.165, 1.54) is 0 Å². The van der Waals surface area contributed by atoms with Crippen LogP contribution in [-0.2, 0) is 0 Å². The minimum absolute atomic E-state index is 0.339. The Morgan fingerprint density at radius 1 is 1.06 bits per heavy atom. The lowest BCUT2D eigenvalue weighted by Crippen LogP contribution is -1.79. The highest BCUT2D eigenvalue weighted by Crippen LogP contribution is 2.26. The highest BCUT2D eigenvalue weighted by Gasteiger charge is 2.13. The number of halogens is 2. The summed E-state index contributed by atoms with van der Waals surface area (Å²) in [4.78, 5) is 4.26. The van der Waals surface area contributed by atoms with Gasteiger partial charge < -0.3 is 8.94 Å². The van der Waals surface area contributed by atoms with E-state index < -0.39 is 0 Å². The highest BCUT2D eigenvalue weighted by atomic mass is 79.9. The molecule has 0 spiro atoms. The maximum atomic E-state index is 5.82. The van der Waals surface area contributed by atoms with Gasteiger partial charge in [-0.2, -0.15) is 4.98 Å². The van der Waals surface area contributed by atoms with E-state index in [1.807, 2.05) is 12.1 Å². The van der Waals surface area contributed by atoms with Gasteiger partial charge in [0.05, 0.1) is 0 Å². The van der Waals surface area contributed by atoms with Crippen molar-refractivity contribution in [1.29, 1.82) is 0 Å². The quantitative estimate of drug-likeness (QED) is 0.700. The summed E-state index contributed by atoms with van der Waals surface area (Å²) in [7, 11) is 0. The molecule has 2 aromatic heterocycles.